The second-order valence-electron chi connectivity index (χ2n) is 4.57. The number of aliphatic hydroxyl groups excluding tert-OH is 1. The molecule has 1 saturated heterocycles. The summed E-state index contributed by atoms with van der Waals surface area (Å²) in [6.07, 6.45) is -6.37. The van der Waals surface area contributed by atoms with Gasteiger partial charge in [0.05, 0.1) is 18.8 Å². The normalized spacial score (nSPS) is 29.1. The number of halogens is 3. The van der Waals surface area contributed by atoms with Gasteiger partial charge in [-0.05, 0) is 20.8 Å². The van der Waals surface area contributed by atoms with Crippen LogP contribution in [0.15, 0.2) is 0 Å². The lowest BCUT2D eigenvalue weighted by Crippen LogP contribution is -2.52. The molecule has 0 spiro atoms. The van der Waals surface area contributed by atoms with E-state index in [9.17, 15) is 18.0 Å². The highest BCUT2D eigenvalue weighted by Crippen LogP contribution is 2.30. The van der Waals surface area contributed by atoms with Crippen LogP contribution in [0.1, 0.15) is 20.8 Å². The van der Waals surface area contributed by atoms with Crippen LogP contribution in [0.3, 0.4) is 0 Å². The second-order valence-corrected chi connectivity index (χ2v) is 4.57. The van der Waals surface area contributed by atoms with E-state index in [1.807, 2.05) is 0 Å². The average Bonchev–Trinajstić information content (AvgIpc) is 2.46. The lowest BCUT2D eigenvalue weighted by Gasteiger charge is -2.25. The molecule has 18 heavy (non-hydrogen) atoms. The summed E-state index contributed by atoms with van der Waals surface area (Å²) in [6.45, 7) is 4.13. The molecule has 1 heterocycles. The van der Waals surface area contributed by atoms with Crippen molar-refractivity contribution in [3.8, 4) is 0 Å². The molecule has 0 saturated carbocycles. The van der Waals surface area contributed by atoms with Crippen molar-refractivity contribution in [1.29, 1.82) is 0 Å². The van der Waals surface area contributed by atoms with Gasteiger partial charge in [-0.25, -0.2) is 0 Å². The fraction of sp³-hybridized carbons (Fsp3) is 0.900. The molecule has 0 aromatic carbocycles. The third kappa shape index (κ3) is 3.56. The lowest BCUT2D eigenvalue weighted by atomic mass is 10.1. The number of rotatable bonds is 3. The molecule has 0 radical (unpaired) electrons. The van der Waals surface area contributed by atoms with Crippen molar-refractivity contribution in [3.63, 3.8) is 0 Å². The molecule has 1 fully saturated rings. The molecule has 0 bridgehead atoms. The quantitative estimate of drug-likeness (QED) is 0.787. The van der Waals surface area contributed by atoms with E-state index in [1.54, 1.807) is 26.1 Å². The zero-order chi connectivity index (χ0) is 14.1. The van der Waals surface area contributed by atoms with Crippen LogP contribution < -0.4 is 5.32 Å². The number of aliphatic hydroxyl groups is 1. The van der Waals surface area contributed by atoms with E-state index in [1.165, 1.54) is 0 Å². The largest absolute Gasteiger partial charge is 0.471 e. The predicted molar refractivity (Wildman–Crippen MR) is 54.6 cm³/mol. The number of carbonyl (C=O) groups is 1. The molecule has 5 nitrogen and oxygen atoms in total. The summed E-state index contributed by atoms with van der Waals surface area (Å²) in [4.78, 5) is 10.8. The van der Waals surface area contributed by atoms with Gasteiger partial charge in [0, 0.05) is 0 Å². The average molecular weight is 271 g/mol. The van der Waals surface area contributed by atoms with E-state index in [0.717, 1.165) is 0 Å². The SMILES string of the molecule is C[C@H]1OC(C)(C)O[C@H]1[C@H](CO)NC(=O)C(F)(F)F. The molecule has 3 atom stereocenters. The Kier molecular flexibility index (Phi) is 4.24. The Balaban J connectivity index is 2.71. The third-order valence-corrected chi connectivity index (χ3v) is 2.52. The number of alkyl halides is 3. The topological polar surface area (TPSA) is 67.8 Å². The zero-order valence-corrected chi connectivity index (χ0v) is 10.2. The second kappa shape index (κ2) is 5.02. The Hall–Kier alpha value is -0.860. The monoisotopic (exact) mass is 271 g/mol. The number of carbonyl (C=O) groups excluding carboxylic acids is 1. The van der Waals surface area contributed by atoms with E-state index in [4.69, 9.17) is 14.6 Å². The summed E-state index contributed by atoms with van der Waals surface area (Å²) in [6, 6.07) is -1.17. The first kappa shape index (κ1) is 15.2. The van der Waals surface area contributed by atoms with Crippen molar-refractivity contribution in [1.82, 2.24) is 5.32 Å². The van der Waals surface area contributed by atoms with Crippen molar-refractivity contribution >= 4 is 5.91 Å². The van der Waals surface area contributed by atoms with Gasteiger partial charge in [0.1, 0.15) is 6.10 Å². The maximum Gasteiger partial charge on any atom is 0.471 e. The number of nitrogens with one attached hydrogen (secondary N) is 1. The van der Waals surface area contributed by atoms with E-state index in [0.29, 0.717) is 0 Å². The Labute approximate surface area is 102 Å². The van der Waals surface area contributed by atoms with Gasteiger partial charge in [-0.15, -0.1) is 0 Å². The molecule has 1 rings (SSSR count). The van der Waals surface area contributed by atoms with Gasteiger partial charge < -0.3 is 19.9 Å². The highest BCUT2D eigenvalue weighted by atomic mass is 19.4. The highest BCUT2D eigenvalue weighted by molar-refractivity contribution is 5.82. The van der Waals surface area contributed by atoms with Gasteiger partial charge in [-0.1, -0.05) is 0 Å². The fourth-order valence-corrected chi connectivity index (χ4v) is 1.86. The van der Waals surface area contributed by atoms with E-state index in [2.05, 4.69) is 0 Å². The number of ether oxygens (including phenoxy) is 2. The standard InChI is InChI=1S/C10H16F3NO4/c1-5-7(18-9(2,3)17-5)6(4-15)14-8(16)10(11,12)13/h5-7,15H,4H2,1-3H3,(H,14,16)/t5-,6+,7-/m1/s1. The van der Waals surface area contributed by atoms with Crippen molar-refractivity contribution in [2.45, 2.75) is 51.0 Å². The molecule has 106 valence electrons. The van der Waals surface area contributed by atoms with Crippen LogP contribution in [0.25, 0.3) is 0 Å². The first-order valence-electron chi connectivity index (χ1n) is 5.41. The molecule has 1 amide bonds. The van der Waals surface area contributed by atoms with Gasteiger partial charge >= 0.3 is 12.1 Å². The Morgan fingerprint density at radius 3 is 2.33 bits per heavy atom. The van der Waals surface area contributed by atoms with Gasteiger partial charge in [0.25, 0.3) is 0 Å². The van der Waals surface area contributed by atoms with Crippen LogP contribution in [-0.4, -0.2) is 47.8 Å². The Morgan fingerprint density at radius 1 is 1.44 bits per heavy atom. The summed E-state index contributed by atoms with van der Waals surface area (Å²) in [5.74, 6) is -3.07. The minimum Gasteiger partial charge on any atom is -0.394 e. The number of amides is 1. The molecule has 0 aromatic heterocycles. The molecule has 1 aliphatic heterocycles. The predicted octanol–water partition coefficient (Wildman–Crippen LogP) is 0.566. The van der Waals surface area contributed by atoms with E-state index in [-0.39, 0.29) is 0 Å². The molecule has 0 aliphatic carbocycles. The molecule has 0 unspecified atom stereocenters. The van der Waals surface area contributed by atoms with Crippen LogP contribution in [0.5, 0.6) is 0 Å². The highest BCUT2D eigenvalue weighted by Gasteiger charge is 2.46. The van der Waals surface area contributed by atoms with Crippen molar-refractivity contribution in [2.75, 3.05) is 6.61 Å². The van der Waals surface area contributed by atoms with E-state index < -0.39 is 42.7 Å². The van der Waals surface area contributed by atoms with Crippen LogP contribution in [-0.2, 0) is 14.3 Å². The summed E-state index contributed by atoms with van der Waals surface area (Å²) in [5, 5.41) is 10.8. The summed E-state index contributed by atoms with van der Waals surface area (Å²) in [5.41, 5.74) is 0. The first-order valence-corrected chi connectivity index (χ1v) is 5.41. The van der Waals surface area contributed by atoms with Crippen molar-refractivity contribution in [2.24, 2.45) is 0 Å². The molecule has 1 aliphatic rings. The van der Waals surface area contributed by atoms with Crippen LogP contribution >= 0.6 is 0 Å². The maximum atomic E-state index is 12.1. The Morgan fingerprint density at radius 2 is 2.00 bits per heavy atom. The minimum atomic E-state index is -4.99. The van der Waals surface area contributed by atoms with Crippen LogP contribution in [0.4, 0.5) is 13.2 Å². The van der Waals surface area contributed by atoms with Gasteiger partial charge in [-0.3, -0.25) is 4.79 Å². The van der Waals surface area contributed by atoms with Crippen LogP contribution in [0, 0.1) is 0 Å². The zero-order valence-electron chi connectivity index (χ0n) is 10.2. The maximum absolute atomic E-state index is 12.1. The first-order chi connectivity index (χ1) is 8.07. The number of hydrogen-bond donors (Lipinski definition) is 2. The van der Waals surface area contributed by atoms with Gasteiger partial charge in [0.15, 0.2) is 5.79 Å². The Bertz CT molecular complexity index is 319. The summed E-state index contributed by atoms with van der Waals surface area (Å²) in [7, 11) is 0. The lowest BCUT2D eigenvalue weighted by molar-refractivity contribution is -0.177. The van der Waals surface area contributed by atoms with Crippen LogP contribution in [0.2, 0.25) is 0 Å². The number of hydrogen-bond acceptors (Lipinski definition) is 4. The molecule has 2 N–H and O–H groups in total. The van der Waals surface area contributed by atoms with Crippen molar-refractivity contribution < 1.29 is 32.5 Å². The molecular formula is C10H16F3NO4. The third-order valence-electron chi connectivity index (χ3n) is 2.52. The fourth-order valence-electron chi connectivity index (χ4n) is 1.86. The molecule has 0 aromatic rings. The van der Waals surface area contributed by atoms with Gasteiger partial charge in [0.2, 0.25) is 0 Å². The van der Waals surface area contributed by atoms with Crippen molar-refractivity contribution in [3.05, 3.63) is 0 Å². The molecular weight excluding hydrogens is 255 g/mol. The summed E-state index contributed by atoms with van der Waals surface area (Å²) < 4.78 is 47.1. The minimum absolute atomic E-state index is 0.536. The van der Waals surface area contributed by atoms with E-state index >= 15 is 0 Å². The smallest absolute Gasteiger partial charge is 0.394 e. The van der Waals surface area contributed by atoms with Gasteiger partial charge in [-0.2, -0.15) is 13.2 Å². The summed E-state index contributed by atoms with van der Waals surface area (Å²) >= 11 is 0. The molecule has 8 heteroatoms.